The molecule has 10 heteroatoms. The highest BCUT2D eigenvalue weighted by Crippen LogP contribution is 2.37. The van der Waals surface area contributed by atoms with Crippen LogP contribution in [-0.4, -0.2) is 28.3 Å². The van der Waals surface area contributed by atoms with Crippen LogP contribution in [0.5, 0.6) is 0 Å². The summed E-state index contributed by atoms with van der Waals surface area (Å²) in [5, 5.41) is 7.88. The standard InChI is InChI=1S/C26H30N2O6S2/c1-25(2,3)19-17-22(26(4,5)6)24(28-34-36(31,32)21-15-11-8-12-16-21)23(18-19)27-33-35(29,30)20-13-9-7-10-14-20/h7-18H,1-6H3. The van der Waals surface area contributed by atoms with Gasteiger partial charge in [0.1, 0.15) is 21.2 Å². The van der Waals surface area contributed by atoms with Crippen LogP contribution in [0, 0.1) is 10.8 Å². The van der Waals surface area contributed by atoms with E-state index in [9.17, 15) is 16.8 Å². The fraction of sp³-hybridized carbons (Fsp3) is 0.308. The van der Waals surface area contributed by atoms with E-state index in [1.54, 1.807) is 42.5 Å². The van der Waals surface area contributed by atoms with Crippen molar-refractivity contribution in [3.63, 3.8) is 0 Å². The average molecular weight is 531 g/mol. The van der Waals surface area contributed by atoms with Crippen molar-refractivity contribution < 1.29 is 25.4 Å². The monoisotopic (exact) mass is 530 g/mol. The summed E-state index contributed by atoms with van der Waals surface area (Å²) >= 11 is 0. The molecule has 0 fully saturated rings. The van der Waals surface area contributed by atoms with Crippen LogP contribution in [-0.2, 0) is 28.8 Å². The molecule has 0 amide bonds. The van der Waals surface area contributed by atoms with Crippen molar-refractivity contribution in [3.05, 3.63) is 84.0 Å². The minimum absolute atomic E-state index is 0.0233. The van der Waals surface area contributed by atoms with Crippen LogP contribution in [0.2, 0.25) is 0 Å². The summed E-state index contributed by atoms with van der Waals surface area (Å²) in [6, 6.07) is 15.2. The first kappa shape index (κ1) is 27.3. The van der Waals surface area contributed by atoms with Gasteiger partial charge < -0.3 is 0 Å². The van der Waals surface area contributed by atoms with Gasteiger partial charge in [-0.25, -0.2) is 0 Å². The predicted octanol–water partition coefficient (Wildman–Crippen LogP) is 5.47. The summed E-state index contributed by atoms with van der Waals surface area (Å²) in [5.74, 6) is 0. The molecule has 36 heavy (non-hydrogen) atoms. The van der Waals surface area contributed by atoms with Crippen LogP contribution in [0.3, 0.4) is 0 Å². The Labute approximate surface area is 213 Å². The van der Waals surface area contributed by atoms with E-state index in [0.29, 0.717) is 5.57 Å². The molecule has 0 bridgehead atoms. The Morgan fingerprint density at radius 3 is 1.47 bits per heavy atom. The second-order valence-electron chi connectivity index (χ2n) is 10.3. The Morgan fingerprint density at radius 2 is 1.06 bits per heavy atom. The number of hydrogen-bond acceptors (Lipinski definition) is 8. The molecule has 0 aliphatic heterocycles. The molecule has 2 aromatic rings. The number of allylic oxidation sites excluding steroid dienone is 4. The molecule has 0 aromatic heterocycles. The number of benzene rings is 2. The Bertz CT molecular complexity index is 1440. The molecule has 3 rings (SSSR count). The van der Waals surface area contributed by atoms with Gasteiger partial charge in [0.05, 0.1) is 0 Å². The molecule has 0 N–H and O–H groups in total. The van der Waals surface area contributed by atoms with Crippen molar-refractivity contribution >= 4 is 31.7 Å². The number of rotatable bonds is 6. The molecule has 0 heterocycles. The van der Waals surface area contributed by atoms with Crippen LogP contribution in [0.1, 0.15) is 41.5 Å². The molecule has 0 unspecified atom stereocenters. The molecule has 0 saturated heterocycles. The lowest BCUT2D eigenvalue weighted by Crippen LogP contribution is -2.30. The van der Waals surface area contributed by atoms with Crippen molar-refractivity contribution in [2.24, 2.45) is 21.1 Å². The lowest BCUT2D eigenvalue weighted by Gasteiger charge is -2.31. The van der Waals surface area contributed by atoms with Gasteiger partial charge in [0, 0.05) is 0 Å². The summed E-state index contributed by atoms with van der Waals surface area (Å²) < 4.78 is 61.0. The van der Waals surface area contributed by atoms with Crippen LogP contribution < -0.4 is 0 Å². The molecule has 1 aliphatic carbocycles. The molecule has 0 atom stereocenters. The van der Waals surface area contributed by atoms with Crippen LogP contribution in [0.4, 0.5) is 0 Å². The van der Waals surface area contributed by atoms with Crippen molar-refractivity contribution in [1.29, 1.82) is 0 Å². The second-order valence-corrected chi connectivity index (χ2v) is 13.3. The number of hydrogen-bond donors (Lipinski definition) is 0. The van der Waals surface area contributed by atoms with Gasteiger partial charge in [-0.3, -0.25) is 8.57 Å². The zero-order valence-corrected chi connectivity index (χ0v) is 22.7. The second kappa shape index (κ2) is 10.0. The summed E-state index contributed by atoms with van der Waals surface area (Å²) in [7, 11) is -8.46. The third kappa shape index (κ3) is 6.50. The zero-order valence-electron chi connectivity index (χ0n) is 21.1. The van der Waals surface area contributed by atoms with E-state index in [-0.39, 0.29) is 26.6 Å². The van der Waals surface area contributed by atoms with E-state index in [1.807, 2.05) is 47.6 Å². The Balaban J connectivity index is 2.13. The number of oxime groups is 2. The van der Waals surface area contributed by atoms with E-state index in [4.69, 9.17) is 8.57 Å². The fourth-order valence-corrected chi connectivity index (χ4v) is 4.73. The van der Waals surface area contributed by atoms with E-state index in [2.05, 4.69) is 10.3 Å². The lowest BCUT2D eigenvalue weighted by atomic mass is 9.74. The largest absolute Gasteiger partial charge is 0.358 e. The van der Waals surface area contributed by atoms with Gasteiger partial charge in [-0.1, -0.05) is 94.3 Å². The average Bonchev–Trinajstić information content (AvgIpc) is 2.81. The SMILES string of the molecule is CC(C)(C)C1=CC(=NOS(=O)(=O)c2ccccc2)C(=NOS(=O)(=O)c2ccccc2)C(C(C)(C)C)=C1. The summed E-state index contributed by atoms with van der Waals surface area (Å²) in [4.78, 5) is -0.142. The smallest absolute Gasteiger partial charge is 0.264 e. The molecule has 1 aliphatic rings. The number of nitrogens with zero attached hydrogens (tertiary/aromatic N) is 2. The van der Waals surface area contributed by atoms with E-state index in [1.165, 1.54) is 24.3 Å². The first-order chi connectivity index (χ1) is 16.6. The molecule has 8 nitrogen and oxygen atoms in total. The van der Waals surface area contributed by atoms with Gasteiger partial charge in [-0.15, -0.1) is 0 Å². The van der Waals surface area contributed by atoms with Crippen molar-refractivity contribution in [1.82, 2.24) is 0 Å². The molecular formula is C26H30N2O6S2. The maximum atomic E-state index is 12.7. The van der Waals surface area contributed by atoms with E-state index in [0.717, 1.165) is 5.57 Å². The van der Waals surface area contributed by atoms with E-state index < -0.39 is 25.7 Å². The highest BCUT2D eigenvalue weighted by Gasteiger charge is 2.33. The van der Waals surface area contributed by atoms with Gasteiger partial charge >= 0.3 is 20.2 Å². The minimum Gasteiger partial charge on any atom is -0.264 e. The van der Waals surface area contributed by atoms with Gasteiger partial charge in [0.15, 0.2) is 0 Å². The Hall–Kier alpha value is -3.24. The van der Waals surface area contributed by atoms with Gasteiger partial charge in [-0.05, 0) is 52.3 Å². The Morgan fingerprint density at radius 1 is 0.611 bits per heavy atom. The summed E-state index contributed by atoms with van der Waals surface area (Å²) in [6.07, 6.45) is 3.51. The zero-order chi connectivity index (χ0) is 26.8. The maximum Gasteiger partial charge on any atom is 0.358 e. The van der Waals surface area contributed by atoms with Crippen molar-refractivity contribution in [2.75, 3.05) is 0 Å². The lowest BCUT2D eigenvalue weighted by molar-refractivity contribution is 0.333. The van der Waals surface area contributed by atoms with Gasteiger partial charge in [0.2, 0.25) is 0 Å². The summed E-state index contributed by atoms with van der Waals surface area (Å²) in [5.41, 5.74) is 0.656. The normalized spacial score (nSPS) is 17.5. The first-order valence-electron chi connectivity index (χ1n) is 11.2. The van der Waals surface area contributed by atoms with E-state index >= 15 is 0 Å². The van der Waals surface area contributed by atoms with Crippen LogP contribution in [0.15, 0.2) is 104 Å². The third-order valence-electron chi connectivity index (χ3n) is 5.29. The summed E-state index contributed by atoms with van der Waals surface area (Å²) in [6.45, 7) is 11.7. The minimum atomic E-state index is -4.23. The van der Waals surface area contributed by atoms with Gasteiger partial charge in [-0.2, -0.15) is 16.8 Å². The molecule has 0 radical (unpaired) electrons. The molecule has 0 saturated carbocycles. The highest BCUT2D eigenvalue weighted by molar-refractivity contribution is 7.87. The van der Waals surface area contributed by atoms with Crippen LogP contribution >= 0.6 is 0 Å². The van der Waals surface area contributed by atoms with Crippen molar-refractivity contribution in [2.45, 2.75) is 51.3 Å². The molecular weight excluding hydrogens is 500 g/mol. The Kier molecular flexibility index (Phi) is 7.61. The predicted molar refractivity (Wildman–Crippen MR) is 139 cm³/mol. The third-order valence-corrected chi connectivity index (χ3v) is 7.53. The van der Waals surface area contributed by atoms with Gasteiger partial charge in [0.25, 0.3) is 0 Å². The topological polar surface area (TPSA) is 111 Å². The molecule has 2 aromatic carbocycles. The molecule has 192 valence electrons. The highest BCUT2D eigenvalue weighted by atomic mass is 32.2. The quantitative estimate of drug-likeness (QED) is 0.362. The maximum absolute atomic E-state index is 12.7. The first-order valence-corrected chi connectivity index (χ1v) is 14.0. The van der Waals surface area contributed by atoms with Crippen LogP contribution in [0.25, 0.3) is 0 Å². The molecule has 0 spiro atoms. The fourth-order valence-electron chi connectivity index (χ4n) is 3.23. The van der Waals surface area contributed by atoms with Crippen molar-refractivity contribution in [3.8, 4) is 0 Å².